The number of allylic oxidation sites excluding steroid dienone is 2. The van der Waals surface area contributed by atoms with Crippen LogP contribution >= 0.6 is 0 Å². The van der Waals surface area contributed by atoms with Crippen molar-refractivity contribution in [3.8, 4) is 0 Å². The van der Waals surface area contributed by atoms with Gasteiger partial charge in [-0.3, -0.25) is 4.79 Å². The fourth-order valence-corrected chi connectivity index (χ4v) is 7.56. The van der Waals surface area contributed by atoms with Gasteiger partial charge in [0, 0.05) is 12.3 Å². The molecule has 1 heterocycles. The van der Waals surface area contributed by atoms with E-state index in [0.29, 0.717) is 11.3 Å². The molecule has 0 bridgehead atoms. The van der Waals surface area contributed by atoms with Crippen LogP contribution in [0.2, 0.25) is 0 Å². The predicted molar refractivity (Wildman–Crippen MR) is 91.0 cm³/mol. The molecule has 3 heteroatoms. The molecule has 0 unspecified atom stereocenters. The third-order valence-electron chi connectivity index (χ3n) is 8.84. The summed E-state index contributed by atoms with van der Waals surface area (Å²) in [6.45, 7) is 6.43. The molecule has 0 aromatic rings. The highest BCUT2D eigenvalue weighted by atomic mass is 16.8. The van der Waals surface area contributed by atoms with Gasteiger partial charge in [-0.25, -0.2) is 0 Å². The Morgan fingerprint density at radius 2 is 2.00 bits per heavy atom. The van der Waals surface area contributed by atoms with E-state index in [1.807, 2.05) is 0 Å². The molecule has 4 fully saturated rings. The largest absolute Gasteiger partial charge is 0.430 e. The second-order valence-corrected chi connectivity index (χ2v) is 9.63. The lowest BCUT2D eigenvalue weighted by Gasteiger charge is -2.59. The van der Waals surface area contributed by atoms with Gasteiger partial charge in [0.25, 0.3) is 0 Å². The van der Waals surface area contributed by atoms with Crippen LogP contribution in [-0.2, 0) is 14.3 Å². The first-order valence-electron chi connectivity index (χ1n) is 9.93. The van der Waals surface area contributed by atoms with Crippen LogP contribution in [0.25, 0.3) is 0 Å². The Bertz CT molecular complexity index is 612. The molecule has 3 nitrogen and oxygen atoms in total. The van der Waals surface area contributed by atoms with Gasteiger partial charge >= 0.3 is 5.97 Å². The van der Waals surface area contributed by atoms with Crippen molar-refractivity contribution in [3.63, 3.8) is 0 Å². The van der Waals surface area contributed by atoms with Crippen molar-refractivity contribution >= 4 is 5.97 Å². The summed E-state index contributed by atoms with van der Waals surface area (Å²) in [6.07, 6.45) is 13.8. The number of ether oxygens (including phenoxy) is 2. The van der Waals surface area contributed by atoms with Crippen LogP contribution in [0.1, 0.15) is 65.7 Å². The number of carbonyl (C=O) groups is 1. The maximum Gasteiger partial charge on any atom is 0.305 e. The molecule has 0 N–H and O–H groups in total. The van der Waals surface area contributed by atoms with E-state index in [9.17, 15) is 4.79 Å². The highest BCUT2D eigenvalue weighted by Gasteiger charge is 2.80. The molecule has 0 spiro atoms. The van der Waals surface area contributed by atoms with Crippen LogP contribution < -0.4 is 0 Å². The molecule has 132 valence electrons. The van der Waals surface area contributed by atoms with Crippen molar-refractivity contribution in [3.05, 3.63) is 12.2 Å². The summed E-state index contributed by atoms with van der Waals surface area (Å²) in [7, 11) is 0. The number of esters is 1. The molecule has 5 rings (SSSR count). The molecule has 0 aromatic heterocycles. The Balaban J connectivity index is 1.47. The summed E-state index contributed by atoms with van der Waals surface area (Å²) in [5, 5.41) is 0. The Hall–Kier alpha value is -0.830. The average molecular weight is 330 g/mol. The van der Waals surface area contributed by atoms with Crippen molar-refractivity contribution in [1.82, 2.24) is 0 Å². The molecular weight excluding hydrogens is 300 g/mol. The van der Waals surface area contributed by atoms with Crippen LogP contribution in [-0.4, -0.2) is 17.9 Å². The molecule has 0 amide bonds. The molecule has 1 saturated heterocycles. The maximum atomic E-state index is 11.7. The zero-order chi connectivity index (χ0) is 16.7. The van der Waals surface area contributed by atoms with E-state index in [2.05, 4.69) is 26.0 Å². The van der Waals surface area contributed by atoms with Crippen molar-refractivity contribution in [2.24, 2.45) is 34.5 Å². The van der Waals surface area contributed by atoms with Crippen molar-refractivity contribution in [2.75, 3.05) is 0 Å². The van der Waals surface area contributed by atoms with E-state index >= 15 is 0 Å². The lowest BCUT2D eigenvalue weighted by atomic mass is 9.46. The normalized spacial score (nSPS) is 57.4. The molecule has 0 radical (unpaired) electrons. The Morgan fingerprint density at radius 3 is 2.79 bits per heavy atom. The van der Waals surface area contributed by atoms with E-state index in [1.165, 1.54) is 39.0 Å². The summed E-state index contributed by atoms with van der Waals surface area (Å²) in [5.74, 6) is 2.40. The third kappa shape index (κ3) is 1.70. The summed E-state index contributed by atoms with van der Waals surface area (Å²) in [4.78, 5) is 11.7. The third-order valence-corrected chi connectivity index (χ3v) is 8.84. The van der Waals surface area contributed by atoms with Gasteiger partial charge in [0.1, 0.15) is 6.10 Å². The van der Waals surface area contributed by atoms with E-state index in [1.54, 1.807) is 0 Å². The zero-order valence-electron chi connectivity index (χ0n) is 15.2. The second-order valence-electron chi connectivity index (χ2n) is 9.63. The topological polar surface area (TPSA) is 38.8 Å². The number of carbonyl (C=O) groups excluding carboxylic acids is 1. The van der Waals surface area contributed by atoms with Crippen molar-refractivity contribution in [2.45, 2.75) is 77.6 Å². The van der Waals surface area contributed by atoms with Gasteiger partial charge in [-0.05, 0) is 74.0 Å². The van der Waals surface area contributed by atoms with Crippen LogP contribution in [0.15, 0.2) is 12.2 Å². The number of hydrogen-bond donors (Lipinski definition) is 0. The summed E-state index contributed by atoms with van der Waals surface area (Å²) >= 11 is 0. The number of epoxide rings is 1. The molecule has 3 saturated carbocycles. The fourth-order valence-electron chi connectivity index (χ4n) is 7.56. The van der Waals surface area contributed by atoms with E-state index < -0.39 is 5.79 Å². The Kier molecular flexibility index (Phi) is 3.00. The lowest BCUT2D eigenvalue weighted by Crippen LogP contribution is -2.55. The first-order valence-corrected chi connectivity index (χ1v) is 9.93. The van der Waals surface area contributed by atoms with Gasteiger partial charge in [-0.15, -0.1) is 0 Å². The van der Waals surface area contributed by atoms with Gasteiger partial charge < -0.3 is 9.47 Å². The van der Waals surface area contributed by atoms with Crippen LogP contribution in [0.5, 0.6) is 0 Å². The van der Waals surface area contributed by atoms with Crippen molar-refractivity contribution in [1.29, 1.82) is 0 Å². The minimum Gasteiger partial charge on any atom is -0.430 e. The number of rotatable bonds is 1. The summed E-state index contributed by atoms with van der Waals surface area (Å²) in [6, 6.07) is 0. The maximum absolute atomic E-state index is 11.7. The van der Waals surface area contributed by atoms with Gasteiger partial charge in [0.2, 0.25) is 5.79 Å². The first-order chi connectivity index (χ1) is 11.4. The van der Waals surface area contributed by atoms with Gasteiger partial charge in [-0.2, -0.15) is 0 Å². The SMILES string of the molecule is CC(=O)O[C@@]12O[C@@H]1C[C@H]1[C@@H]3CC[C@H]4CC=CC[C@]4(C)[C@H]3CC[C@@]12C. The first kappa shape index (κ1) is 15.4. The molecule has 8 atom stereocenters. The van der Waals surface area contributed by atoms with E-state index in [-0.39, 0.29) is 17.5 Å². The van der Waals surface area contributed by atoms with Gasteiger partial charge in [-0.1, -0.05) is 26.0 Å². The minimum atomic E-state index is -0.585. The molecule has 0 aromatic carbocycles. The monoisotopic (exact) mass is 330 g/mol. The molecule has 24 heavy (non-hydrogen) atoms. The summed E-state index contributed by atoms with van der Waals surface area (Å²) in [5.41, 5.74) is 0.513. The highest BCUT2D eigenvalue weighted by Crippen LogP contribution is 2.73. The highest BCUT2D eigenvalue weighted by molar-refractivity contribution is 5.67. The fraction of sp³-hybridized carbons (Fsp3) is 0.857. The van der Waals surface area contributed by atoms with Crippen LogP contribution in [0, 0.1) is 34.5 Å². The average Bonchev–Trinajstić information content (AvgIpc) is 3.16. The zero-order valence-corrected chi connectivity index (χ0v) is 15.2. The molecular formula is C21H30O3. The predicted octanol–water partition coefficient (Wildman–Crippen LogP) is 4.46. The van der Waals surface area contributed by atoms with Crippen LogP contribution in [0.3, 0.4) is 0 Å². The Labute approximate surface area is 145 Å². The quantitative estimate of drug-likeness (QED) is 0.405. The lowest BCUT2D eigenvalue weighted by molar-refractivity contribution is -0.196. The minimum absolute atomic E-state index is 0.0260. The summed E-state index contributed by atoms with van der Waals surface area (Å²) < 4.78 is 11.8. The van der Waals surface area contributed by atoms with Gasteiger partial charge in [0.15, 0.2) is 0 Å². The van der Waals surface area contributed by atoms with Crippen LogP contribution in [0.4, 0.5) is 0 Å². The molecule has 5 aliphatic rings. The number of fused-ring (bicyclic) bond motifs is 7. The van der Waals surface area contributed by atoms with Crippen molar-refractivity contribution < 1.29 is 14.3 Å². The Morgan fingerprint density at radius 1 is 1.17 bits per heavy atom. The second kappa shape index (κ2) is 4.66. The van der Waals surface area contributed by atoms with E-state index in [0.717, 1.165) is 30.6 Å². The van der Waals surface area contributed by atoms with Gasteiger partial charge in [0.05, 0.1) is 0 Å². The van der Waals surface area contributed by atoms with E-state index in [4.69, 9.17) is 9.47 Å². The standard InChI is InChI=1S/C21H30O3/c1-13(22)23-21-18(24-21)12-17-15-8-7-14-6-4-5-10-19(14,2)16(15)9-11-20(17,21)3/h4-5,14-18H,6-12H2,1-3H3/t14-,15-,16+,17+,18-,19+,20+,21-/m1/s1. The molecule has 1 aliphatic heterocycles. The smallest absolute Gasteiger partial charge is 0.305 e. The number of hydrogen-bond acceptors (Lipinski definition) is 3. The molecule has 4 aliphatic carbocycles.